The molecule has 0 saturated carbocycles. The van der Waals surface area contributed by atoms with E-state index in [-0.39, 0.29) is 18.9 Å². The van der Waals surface area contributed by atoms with Gasteiger partial charge >= 0.3 is 25.0 Å². The quantitative estimate of drug-likeness (QED) is 0.578. The molecule has 0 spiro atoms. The maximum Gasteiger partial charge on any atom is 1.00 e. The smallest absolute Gasteiger partial charge is 0.343 e. The average Bonchev–Trinajstić information content (AvgIpc) is 2.15. The maximum absolute atomic E-state index is 12.1. The molecule has 19 heavy (non-hydrogen) atoms. The Labute approximate surface area is 134 Å². The Balaban J connectivity index is 0. The standard InChI is InChI=1S/C8H5BrF3.C6H12.Li/c1-5-2-6(8(10,11)12)4-7(9)3-5;1-4-5-6(2)3;/h2-4H,1H2;6H,1-2,4-5H2,3H3;/q-1;-2;+1/t;6-;/m.0./s1. The molecule has 104 valence electrons. The molecule has 0 saturated heterocycles. The second kappa shape index (κ2) is 9.80. The summed E-state index contributed by atoms with van der Waals surface area (Å²) in [4.78, 5) is 0. The van der Waals surface area contributed by atoms with Crippen molar-refractivity contribution in [2.24, 2.45) is 5.92 Å². The molecular formula is C14H17BrF3Li-2. The molecule has 0 N–H and O–H groups in total. The van der Waals surface area contributed by atoms with Gasteiger partial charge in [0.15, 0.2) is 0 Å². The molecule has 0 unspecified atom stereocenters. The van der Waals surface area contributed by atoms with Crippen LogP contribution < -0.4 is 18.9 Å². The van der Waals surface area contributed by atoms with E-state index < -0.39 is 11.7 Å². The van der Waals surface area contributed by atoms with Crippen LogP contribution in [-0.4, -0.2) is 0 Å². The van der Waals surface area contributed by atoms with E-state index in [0.29, 0.717) is 16.0 Å². The van der Waals surface area contributed by atoms with Gasteiger partial charge in [-0.1, -0.05) is 28.9 Å². The van der Waals surface area contributed by atoms with Crippen molar-refractivity contribution in [2.45, 2.75) is 25.9 Å². The average molecular weight is 329 g/mol. The van der Waals surface area contributed by atoms with Crippen LogP contribution in [0.5, 0.6) is 0 Å². The Kier molecular flexibility index (Phi) is 11.0. The van der Waals surface area contributed by atoms with E-state index in [1.807, 2.05) is 0 Å². The van der Waals surface area contributed by atoms with Gasteiger partial charge in [0.2, 0.25) is 0 Å². The van der Waals surface area contributed by atoms with Gasteiger partial charge in [-0.05, 0) is 4.47 Å². The molecule has 0 amide bonds. The zero-order chi connectivity index (χ0) is 14.3. The summed E-state index contributed by atoms with van der Waals surface area (Å²) in [6.45, 7) is 13.0. The van der Waals surface area contributed by atoms with Crippen LogP contribution in [0.3, 0.4) is 0 Å². The minimum Gasteiger partial charge on any atom is -0.343 e. The van der Waals surface area contributed by atoms with Crippen LogP contribution in [0.1, 0.15) is 30.9 Å². The molecule has 1 rings (SSSR count). The Bertz CT molecular complexity index is 342. The van der Waals surface area contributed by atoms with E-state index in [1.54, 1.807) is 0 Å². The second-order valence-corrected chi connectivity index (χ2v) is 5.01. The molecule has 0 fully saturated rings. The zero-order valence-corrected chi connectivity index (χ0v) is 12.9. The number of hydrogen-bond acceptors (Lipinski definition) is 0. The summed E-state index contributed by atoms with van der Waals surface area (Å²) in [5.41, 5.74) is -0.335. The minimum atomic E-state index is -4.30. The van der Waals surface area contributed by atoms with Gasteiger partial charge < -0.3 is 13.8 Å². The third kappa shape index (κ3) is 10.4. The fraction of sp³-hybridized carbons (Fsp3) is 0.357. The fourth-order valence-corrected chi connectivity index (χ4v) is 1.70. The topological polar surface area (TPSA) is 0 Å². The predicted octanol–water partition coefficient (Wildman–Crippen LogP) is 2.72. The number of alkyl halides is 3. The second-order valence-electron chi connectivity index (χ2n) is 4.09. The van der Waals surface area contributed by atoms with Crippen molar-refractivity contribution in [1.82, 2.24) is 0 Å². The Morgan fingerprint density at radius 3 is 2.05 bits per heavy atom. The molecule has 0 aromatic heterocycles. The molecule has 0 radical (unpaired) electrons. The summed E-state index contributed by atoms with van der Waals surface area (Å²) in [5, 5.41) is 0. The summed E-state index contributed by atoms with van der Waals surface area (Å²) in [5.74, 6) is 0.586. The number of halogens is 4. The van der Waals surface area contributed by atoms with Crippen LogP contribution in [0.4, 0.5) is 13.2 Å². The summed E-state index contributed by atoms with van der Waals surface area (Å²) < 4.78 is 36.7. The van der Waals surface area contributed by atoms with Gasteiger partial charge in [-0.25, -0.2) is 0 Å². The van der Waals surface area contributed by atoms with E-state index >= 15 is 0 Å². The molecule has 5 heteroatoms. The number of hydrogen-bond donors (Lipinski definition) is 0. The van der Waals surface area contributed by atoms with Crippen molar-refractivity contribution < 1.29 is 32.0 Å². The largest absolute Gasteiger partial charge is 1.00 e. The Hall–Kier alpha value is -0.0426. The van der Waals surface area contributed by atoms with E-state index in [2.05, 4.69) is 43.6 Å². The van der Waals surface area contributed by atoms with Crippen molar-refractivity contribution in [2.75, 3.05) is 0 Å². The van der Waals surface area contributed by atoms with Crippen LogP contribution in [0.15, 0.2) is 22.7 Å². The van der Waals surface area contributed by atoms with E-state index in [9.17, 15) is 13.2 Å². The summed E-state index contributed by atoms with van der Waals surface area (Å²) in [6, 6.07) is 3.55. The maximum atomic E-state index is 12.1. The molecular weight excluding hydrogens is 312 g/mol. The first-order valence-electron chi connectivity index (χ1n) is 5.49. The van der Waals surface area contributed by atoms with Crippen LogP contribution in [0, 0.1) is 26.7 Å². The van der Waals surface area contributed by atoms with Crippen molar-refractivity contribution >= 4 is 15.9 Å². The molecule has 0 bridgehead atoms. The molecule has 1 aromatic rings. The SMILES string of the molecule is [CH2-]CC[C@@H]([CH2-])C.[CH2-]c1cc(Br)cc(C(F)(F)F)c1.[Li+]. The van der Waals surface area contributed by atoms with Crippen molar-refractivity contribution in [1.29, 1.82) is 0 Å². The zero-order valence-electron chi connectivity index (χ0n) is 11.4. The van der Waals surface area contributed by atoms with Crippen molar-refractivity contribution in [3.63, 3.8) is 0 Å². The predicted molar refractivity (Wildman–Crippen MR) is 72.7 cm³/mol. The van der Waals surface area contributed by atoms with Gasteiger partial charge in [0.1, 0.15) is 0 Å². The first-order valence-corrected chi connectivity index (χ1v) is 6.28. The third-order valence-corrected chi connectivity index (χ3v) is 2.44. The van der Waals surface area contributed by atoms with Crippen LogP contribution >= 0.6 is 15.9 Å². The molecule has 0 nitrogen and oxygen atoms in total. The van der Waals surface area contributed by atoms with Crippen LogP contribution in [-0.2, 0) is 6.18 Å². The molecule has 1 atom stereocenters. The molecule has 0 aliphatic rings. The van der Waals surface area contributed by atoms with E-state index in [1.165, 1.54) is 6.07 Å². The van der Waals surface area contributed by atoms with Gasteiger partial charge in [-0.3, -0.25) is 0 Å². The minimum absolute atomic E-state index is 0. The van der Waals surface area contributed by atoms with Gasteiger partial charge in [0.25, 0.3) is 0 Å². The Morgan fingerprint density at radius 1 is 1.26 bits per heavy atom. The van der Waals surface area contributed by atoms with Crippen LogP contribution in [0.25, 0.3) is 0 Å². The van der Waals surface area contributed by atoms with Crippen LogP contribution in [0.2, 0.25) is 0 Å². The van der Waals surface area contributed by atoms with Crippen molar-refractivity contribution in [3.05, 3.63) is 54.6 Å². The Morgan fingerprint density at radius 2 is 1.79 bits per heavy atom. The van der Waals surface area contributed by atoms with Gasteiger partial charge in [0.05, 0.1) is 0 Å². The molecule has 0 heterocycles. The van der Waals surface area contributed by atoms with E-state index in [0.717, 1.165) is 25.0 Å². The first-order chi connectivity index (χ1) is 8.16. The fourth-order valence-electron chi connectivity index (χ4n) is 1.16. The molecule has 0 aliphatic heterocycles. The van der Waals surface area contributed by atoms with Gasteiger partial charge in [0, 0.05) is 5.56 Å². The monoisotopic (exact) mass is 328 g/mol. The summed E-state index contributed by atoms with van der Waals surface area (Å²) in [7, 11) is 0. The van der Waals surface area contributed by atoms with Gasteiger partial charge in [-0.15, -0.1) is 12.5 Å². The number of rotatable bonds is 2. The third-order valence-electron chi connectivity index (χ3n) is 1.98. The summed E-state index contributed by atoms with van der Waals surface area (Å²) in [6.07, 6.45) is -2.12. The molecule has 1 aromatic carbocycles. The van der Waals surface area contributed by atoms with Gasteiger partial charge in [-0.2, -0.15) is 44.1 Å². The summed E-state index contributed by atoms with van der Waals surface area (Å²) >= 11 is 2.97. The normalized spacial score (nSPS) is 11.9. The van der Waals surface area contributed by atoms with Crippen molar-refractivity contribution in [3.8, 4) is 0 Å². The molecule has 0 aliphatic carbocycles. The van der Waals surface area contributed by atoms with E-state index in [4.69, 9.17) is 0 Å². The first kappa shape index (κ1) is 21.3. The number of benzene rings is 1.